The Balaban J connectivity index is 4.55. The molecule has 0 aromatic rings. The van der Waals surface area contributed by atoms with E-state index in [2.05, 4.69) is 5.73 Å². The lowest BCUT2D eigenvalue weighted by Crippen LogP contribution is -2.48. The zero-order valence-corrected chi connectivity index (χ0v) is 7.07. The Morgan fingerprint density at radius 3 is 1.93 bits per heavy atom. The molecule has 0 aromatic carbocycles. The van der Waals surface area contributed by atoms with E-state index < -0.39 is 27.6 Å². The van der Waals surface area contributed by atoms with Crippen molar-refractivity contribution < 1.29 is 31.2 Å². The van der Waals surface area contributed by atoms with E-state index in [1.165, 1.54) is 0 Å². The molecular weight excluding hydrogens is 231 g/mol. The summed E-state index contributed by atoms with van der Waals surface area (Å²) in [5.74, 6) is 0. The summed E-state index contributed by atoms with van der Waals surface area (Å²) in [7, 11) is -5.81. The van der Waals surface area contributed by atoms with Crippen molar-refractivity contribution in [3.63, 3.8) is 0 Å². The number of nitrogens with one attached hydrogen (secondary N) is 2. The molecule has 0 aliphatic rings. The lowest BCUT2D eigenvalue weighted by molar-refractivity contribution is -0.0444. The van der Waals surface area contributed by atoms with Crippen molar-refractivity contribution in [2.24, 2.45) is 5.73 Å². The lowest BCUT2D eigenvalue weighted by atomic mass is 10.9. The van der Waals surface area contributed by atoms with E-state index in [0.717, 1.165) is 5.32 Å². The summed E-state index contributed by atoms with van der Waals surface area (Å²) in [5.41, 5.74) is -1.30. The lowest BCUT2D eigenvalue weighted by Gasteiger charge is -2.08. The number of urea groups is 2. The number of alkyl halides is 3. The van der Waals surface area contributed by atoms with E-state index >= 15 is 0 Å². The largest absolute Gasteiger partial charge is 0.516 e. The molecule has 82 valence electrons. The fraction of sp³-hybridized carbons (Fsp3) is 0.333. The Morgan fingerprint density at radius 1 is 1.21 bits per heavy atom. The highest BCUT2D eigenvalue weighted by Crippen LogP contribution is 2.21. The number of sulfonamides is 1. The molecule has 0 bridgehead atoms. The van der Waals surface area contributed by atoms with E-state index in [1.807, 2.05) is 0 Å². The average Bonchev–Trinajstić information content (AvgIpc) is 1.79. The second-order valence-electron chi connectivity index (χ2n) is 1.87. The zero-order valence-electron chi connectivity index (χ0n) is 6.25. The maximum atomic E-state index is 11.6. The molecule has 0 fully saturated rings. The molecule has 0 aromatic heterocycles. The number of primary amides is 1. The number of carbonyl (C=O) groups is 2. The summed E-state index contributed by atoms with van der Waals surface area (Å²) in [6, 6.07) is -3.37. The highest BCUT2D eigenvalue weighted by atomic mass is 32.2. The van der Waals surface area contributed by atoms with Gasteiger partial charge in [-0.05, 0) is 0 Å². The van der Waals surface area contributed by atoms with Crippen LogP contribution in [-0.4, -0.2) is 26.0 Å². The van der Waals surface area contributed by atoms with Crippen LogP contribution in [0.25, 0.3) is 0 Å². The van der Waals surface area contributed by atoms with Gasteiger partial charge in [0.1, 0.15) is 0 Å². The van der Waals surface area contributed by atoms with Crippen LogP contribution < -0.4 is 15.8 Å². The summed E-state index contributed by atoms with van der Waals surface area (Å²) < 4.78 is 55.7. The van der Waals surface area contributed by atoms with Gasteiger partial charge in [-0.15, -0.1) is 0 Å². The second-order valence-corrected chi connectivity index (χ2v) is 3.54. The second kappa shape index (κ2) is 3.69. The molecule has 0 rings (SSSR count). The smallest absolute Gasteiger partial charge is 0.351 e. The molecule has 11 heteroatoms. The van der Waals surface area contributed by atoms with Crippen molar-refractivity contribution in [3.8, 4) is 0 Å². The summed E-state index contributed by atoms with van der Waals surface area (Å²) in [6.07, 6.45) is 0. The van der Waals surface area contributed by atoms with Crippen LogP contribution in [0.1, 0.15) is 0 Å². The van der Waals surface area contributed by atoms with Crippen molar-refractivity contribution in [2.45, 2.75) is 5.51 Å². The number of amides is 4. The average molecular weight is 235 g/mol. The highest BCUT2D eigenvalue weighted by Gasteiger charge is 2.47. The summed E-state index contributed by atoms with van der Waals surface area (Å²) in [5, 5.41) is 1.08. The molecule has 0 unspecified atom stereocenters. The Morgan fingerprint density at radius 2 is 1.64 bits per heavy atom. The highest BCUT2D eigenvalue weighted by molar-refractivity contribution is 7.90. The van der Waals surface area contributed by atoms with Crippen LogP contribution in [0, 0.1) is 0 Å². The third kappa shape index (κ3) is 3.47. The molecule has 0 saturated heterocycles. The maximum absolute atomic E-state index is 11.6. The molecule has 0 aliphatic heterocycles. The Kier molecular flexibility index (Phi) is 3.29. The van der Waals surface area contributed by atoms with Gasteiger partial charge in [0.15, 0.2) is 0 Å². The topological polar surface area (TPSA) is 118 Å². The van der Waals surface area contributed by atoms with Gasteiger partial charge in [0.05, 0.1) is 0 Å². The number of carbonyl (C=O) groups excluding carboxylic acids is 2. The monoisotopic (exact) mass is 235 g/mol. The van der Waals surface area contributed by atoms with Crippen LogP contribution in [0.4, 0.5) is 22.8 Å². The number of imide groups is 1. The molecule has 0 radical (unpaired) electrons. The van der Waals surface area contributed by atoms with Crippen molar-refractivity contribution in [1.29, 1.82) is 0 Å². The van der Waals surface area contributed by atoms with Crippen molar-refractivity contribution >= 4 is 22.1 Å². The zero-order chi connectivity index (χ0) is 11.6. The van der Waals surface area contributed by atoms with Gasteiger partial charge in [-0.25, -0.2) is 14.3 Å². The summed E-state index contributed by atoms with van der Waals surface area (Å²) in [4.78, 5) is 20.2. The predicted molar refractivity (Wildman–Crippen MR) is 36.2 cm³/mol. The van der Waals surface area contributed by atoms with Gasteiger partial charge in [-0.3, -0.25) is 5.32 Å². The first-order valence-corrected chi connectivity index (χ1v) is 4.24. The first-order valence-electron chi connectivity index (χ1n) is 2.76. The number of hydrogen-bond acceptors (Lipinski definition) is 4. The summed E-state index contributed by atoms with van der Waals surface area (Å²) >= 11 is 0. The van der Waals surface area contributed by atoms with Crippen LogP contribution in [0.15, 0.2) is 0 Å². The van der Waals surface area contributed by atoms with Crippen molar-refractivity contribution in [3.05, 3.63) is 0 Å². The van der Waals surface area contributed by atoms with Crippen LogP contribution in [0.5, 0.6) is 0 Å². The van der Waals surface area contributed by atoms with E-state index in [-0.39, 0.29) is 0 Å². The van der Waals surface area contributed by atoms with Gasteiger partial charge in [-0.1, -0.05) is 0 Å². The molecule has 14 heavy (non-hydrogen) atoms. The predicted octanol–water partition coefficient (Wildman–Crippen LogP) is -0.786. The van der Waals surface area contributed by atoms with Gasteiger partial charge >= 0.3 is 27.6 Å². The number of rotatable bonds is 1. The van der Waals surface area contributed by atoms with Crippen molar-refractivity contribution in [2.75, 3.05) is 0 Å². The number of nitrogens with two attached hydrogens (primary N) is 1. The normalized spacial score (nSPS) is 11.9. The molecule has 0 heterocycles. The van der Waals surface area contributed by atoms with Gasteiger partial charge in [0.25, 0.3) is 0 Å². The van der Waals surface area contributed by atoms with Gasteiger partial charge in [0, 0.05) is 0 Å². The Bertz CT molecular complexity index is 347. The molecule has 4 N–H and O–H groups in total. The molecule has 0 saturated carbocycles. The van der Waals surface area contributed by atoms with Gasteiger partial charge in [0.2, 0.25) is 0 Å². The fourth-order valence-electron chi connectivity index (χ4n) is 0.317. The SMILES string of the molecule is NC(=O)NC(=O)NS(=O)(=O)C(F)(F)F. The van der Waals surface area contributed by atoms with E-state index in [0.29, 0.717) is 4.72 Å². The summed E-state index contributed by atoms with van der Waals surface area (Å²) in [6.45, 7) is 0. The fourth-order valence-corrected chi connectivity index (χ4v) is 0.728. The quantitative estimate of drug-likeness (QED) is 0.552. The standard InChI is InChI=1S/C3H4F3N3O4S/c4-3(5,6)14(12,13)9-2(11)8-1(7)10/h(H4,7,8,9,10,11). The van der Waals surface area contributed by atoms with E-state index in [9.17, 15) is 31.2 Å². The third-order valence-electron chi connectivity index (χ3n) is 0.769. The van der Waals surface area contributed by atoms with E-state index in [1.54, 1.807) is 0 Å². The first kappa shape index (κ1) is 12.5. The molecular formula is C3H4F3N3O4S. The number of hydrogen-bond donors (Lipinski definition) is 3. The number of halogens is 3. The molecule has 4 amide bonds. The molecule has 7 nitrogen and oxygen atoms in total. The minimum Gasteiger partial charge on any atom is -0.351 e. The maximum Gasteiger partial charge on any atom is 0.516 e. The molecule has 0 spiro atoms. The van der Waals surface area contributed by atoms with Crippen LogP contribution in [0.2, 0.25) is 0 Å². The first-order chi connectivity index (χ1) is 6.06. The minimum absolute atomic E-state index is 0.524. The van der Waals surface area contributed by atoms with Crippen LogP contribution >= 0.6 is 0 Å². The third-order valence-corrected chi connectivity index (χ3v) is 1.83. The van der Waals surface area contributed by atoms with E-state index in [4.69, 9.17) is 0 Å². The molecule has 0 aliphatic carbocycles. The van der Waals surface area contributed by atoms with Gasteiger partial charge < -0.3 is 5.73 Å². The Labute approximate surface area is 75.5 Å². The van der Waals surface area contributed by atoms with Crippen LogP contribution in [-0.2, 0) is 10.0 Å². The Hall–Kier alpha value is -1.52. The van der Waals surface area contributed by atoms with Crippen LogP contribution in [0.3, 0.4) is 0 Å². The molecule has 0 atom stereocenters. The van der Waals surface area contributed by atoms with Gasteiger partial charge in [-0.2, -0.15) is 21.6 Å². The minimum atomic E-state index is -5.81. The van der Waals surface area contributed by atoms with Crippen molar-refractivity contribution in [1.82, 2.24) is 10.0 Å².